The van der Waals surface area contributed by atoms with E-state index in [0.717, 1.165) is 46.4 Å². The molecule has 0 radical (unpaired) electrons. The molecule has 10 rings (SSSR count). The normalized spacial score (nSPS) is 10.1. The second kappa shape index (κ2) is 35.8. The Balaban J connectivity index is 0.000000244. The molecule has 10 aromatic rings. The van der Waals surface area contributed by atoms with Crippen LogP contribution in [0.1, 0.15) is 26.3 Å². The molecular weight excluding hydrogens is 1490 g/mol. The van der Waals surface area contributed by atoms with Crippen LogP contribution < -0.4 is 35.6 Å². The number of benzene rings is 10. The summed E-state index contributed by atoms with van der Waals surface area (Å²) in [4.78, 5) is 18.0. The zero-order valence-corrected chi connectivity index (χ0v) is 55.3. The second-order valence-electron chi connectivity index (χ2n) is 17.7. The van der Waals surface area contributed by atoms with Crippen molar-refractivity contribution in [2.45, 2.75) is 27.2 Å². The van der Waals surface area contributed by atoms with Crippen molar-refractivity contribution >= 4 is 150 Å². The molecule has 0 bridgehead atoms. The summed E-state index contributed by atoms with van der Waals surface area (Å²) < 4.78 is 60.6. The molecule has 0 aromatic heterocycles. The molecule has 0 aliphatic heterocycles. The summed E-state index contributed by atoms with van der Waals surface area (Å²) in [6.07, 6.45) is 1.08. The Kier molecular flexibility index (Phi) is 30.2. The largest absolute Gasteiger partial charge is 0.496 e. The van der Waals surface area contributed by atoms with Crippen LogP contribution in [-0.2, 0) is 36.4 Å². The first-order valence-electron chi connectivity index (χ1n) is 25.2. The number of ether oxygens (including phenoxy) is 3. The van der Waals surface area contributed by atoms with E-state index in [4.69, 9.17) is 78.9 Å². The Morgan fingerprint density at radius 1 is 0.518 bits per heavy atom. The molecule has 20 heteroatoms. The van der Waals surface area contributed by atoms with Crippen molar-refractivity contribution in [3.8, 4) is 39.5 Å². The molecular formula is C65H55BCl3F3I2O9PPd-. The molecule has 9 nitrogen and oxygen atoms in total. The first-order chi connectivity index (χ1) is 40.1. The molecule has 0 unspecified atom stereocenters. The van der Waals surface area contributed by atoms with Gasteiger partial charge in [0.15, 0.2) is 0 Å². The van der Waals surface area contributed by atoms with Gasteiger partial charge in [-0.2, -0.15) is 30.3 Å². The molecule has 85 heavy (non-hydrogen) atoms. The number of halogens is 8. The molecule has 0 saturated heterocycles. The molecule has 0 fully saturated rings. The summed E-state index contributed by atoms with van der Waals surface area (Å²) >= 11 is 21.9. The van der Waals surface area contributed by atoms with Crippen LogP contribution in [0.2, 0.25) is 15.1 Å². The van der Waals surface area contributed by atoms with Gasteiger partial charge < -0.3 is 34.5 Å². The van der Waals surface area contributed by atoms with Gasteiger partial charge in [0, 0.05) is 80.6 Å². The maximum Gasteiger partial charge on any atom is 0.491 e. The van der Waals surface area contributed by atoms with Crippen LogP contribution in [0.4, 0.5) is 13.2 Å². The Bertz CT molecular complexity index is 3570. The number of hydrogen-bond donors (Lipinski definition) is 4. The van der Waals surface area contributed by atoms with Gasteiger partial charge in [-0.25, -0.2) is 13.2 Å². The molecule has 4 N–H and O–H groups in total. The average molecular weight is 1550 g/mol. The van der Waals surface area contributed by atoms with Gasteiger partial charge in [0.05, 0.1) is 24.9 Å². The maximum atomic E-state index is 14.5. The third-order valence-electron chi connectivity index (χ3n) is 11.8. The van der Waals surface area contributed by atoms with Crippen molar-refractivity contribution < 1.29 is 77.7 Å². The van der Waals surface area contributed by atoms with Crippen LogP contribution in [-0.4, -0.2) is 60.6 Å². The Hall–Kier alpha value is -5.74. The van der Waals surface area contributed by atoms with Crippen LogP contribution in [0.25, 0.3) is 43.8 Å². The average Bonchev–Trinajstić information content (AvgIpc) is 3.66. The second-order valence-corrected chi connectivity index (χ2v) is 23.5. The molecule has 0 amide bonds. The van der Waals surface area contributed by atoms with Crippen LogP contribution in [0.5, 0.6) is 17.2 Å². The van der Waals surface area contributed by atoms with E-state index in [1.807, 2.05) is 24.3 Å². The molecule has 0 atom stereocenters. The molecule has 0 spiro atoms. The first-order valence-corrected chi connectivity index (χ1v) is 29.9. The van der Waals surface area contributed by atoms with Crippen molar-refractivity contribution in [2.75, 3.05) is 21.3 Å². The topological polar surface area (TPSA) is 143 Å². The third-order valence-corrected chi connectivity index (χ3v) is 16.7. The van der Waals surface area contributed by atoms with Gasteiger partial charge in [-0.3, -0.25) is 9.59 Å². The number of aryl methyl sites for hydroxylation is 1. The minimum atomic E-state index is -1.78. The van der Waals surface area contributed by atoms with Gasteiger partial charge in [-0.15, -0.1) is 5.30 Å². The van der Waals surface area contributed by atoms with Gasteiger partial charge in [0.25, 0.3) is 11.9 Å². The van der Waals surface area contributed by atoms with Crippen LogP contribution in [0, 0.1) is 30.7 Å². The minimum absolute atomic E-state index is 0. The number of fused-ring (bicyclic) bond motifs is 2. The summed E-state index contributed by atoms with van der Waals surface area (Å²) in [6, 6.07) is 61.7. The number of carbonyl (C=O) groups is 2. The van der Waals surface area contributed by atoms with Gasteiger partial charge in [-0.1, -0.05) is 115 Å². The Labute approximate surface area is 549 Å². The van der Waals surface area contributed by atoms with E-state index in [-0.39, 0.29) is 30.9 Å². The van der Waals surface area contributed by atoms with E-state index in [2.05, 4.69) is 155 Å². The molecule has 0 heterocycles. The number of methoxy groups -OCH3 is 3. The fraction of sp³-hybridized carbons (Fsp3) is 0.108. The number of carboxylic acid groups (broad SMARTS) is 2. The standard InChI is InChI=1S/C24H16Cl2F2O2.C18H14P.C13H12I2O.C6H5BClFO2.2C2H4O2.Pd/c1-29-23-9-13-8-20(18-6-4-16(26)12-22(18)28)24(30-2)10-14(13)7-19(23)17-5-3-15(25)11-21(17)27;1-4-10-16(11-5-1)19(17-12-6-2-7-13-17)18-14-8-3-9-15-18;1-3-8-4-9-6-12(15)13(16-2)7-10(9)5-11(8)14;8-4-1-2-5(7(10)11)6(9)3-4;2*1-2(3)4;/h3-12H,1-2H3;1-14H;4-7H,3H2,1-2H3;1-3,10-11H;2*1H3,(H,3,4);/q;-1;;;;;. The van der Waals surface area contributed by atoms with E-state index in [9.17, 15) is 13.2 Å². The Morgan fingerprint density at radius 3 is 1.29 bits per heavy atom. The summed E-state index contributed by atoms with van der Waals surface area (Å²) in [5.41, 5.74) is 3.12. The first kappa shape index (κ1) is 71.7. The van der Waals surface area contributed by atoms with E-state index in [1.165, 1.54) is 74.3 Å². The van der Waals surface area contributed by atoms with Crippen LogP contribution in [0.15, 0.2) is 188 Å². The fourth-order valence-corrected chi connectivity index (χ4v) is 12.3. The summed E-state index contributed by atoms with van der Waals surface area (Å²) in [5, 5.41) is 40.9. The molecule has 0 aliphatic rings. The maximum absolute atomic E-state index is 14.5. The SMILES string of the molecule is CC(=O)O.CC(=O)O.CCc1cc2cc(I)c(OC)cc2cc1I.COc1cc2cc(-c3ccc(Cl)cc3F)c(OC)cc2cc1-c1ccc(Cl)cc1F.OB(O)c1ccc(Cl)cc1F.[Pd].[c-]1ccccc1P(c1ccccc1)c1ccccc1. The zero-order valence-electron chi connectivity index (χ0n) is 46.3. The minimum Gasteiger partial charge on any atom is -0.496 e. The zero-order chi connectivity index (χ0) is 61.6. The van der Waals surface area contributed by atoms with Crippen molar-refractivity contribution in [2.24, 2.45) is 0 Å². The predicted molar refractivity (Wildman–Crippen MR) is 355 cm³/mol. The summed E-state index contributed by atoms with van der Waals surface area (Å²) in [5.74, 6) is -1.37. The summed E-state index contributed by atoms with van der Waals surface area (Å²) in [7, 11) is 2.46. The fourth-order valence-electron chi connectivity index (χ4n) is 8.05. The number of aliphatic carboxylic acids is 2. The van der Waals surface area contributed by atoms with Crippen molar-refractivity contribution in [1.29, 1.82) is 0 Å². The van der Waals surface area contributed by atoms with Crippen LogP contribution >= 0.6 is 87.9 Å². The van der Waals surface area contributed by atoms with E-state index < -0.39 is 44.4 Å². The monoisotopic (exact) mass is 1540 g/mol. The van der Waals surface area contributed by atoms with Gasteiger partial charge in [0.2, 0.25) is 0 Å². The predicted octanol–water partition coefficient (Wildman–Crippen LogP) is 16.0. The molecule has 0 saturated carbocycles. The van der Waals surface area contributed by atoms with Gasteiger partial charge in [-0.05, 0) is 188 Å². The summed E-state index contributed by atoms with van der Waals surface area (Å²) in [6.45, 7) is 4.36. The van der Waals surface area contributed by atoms with E-state index in [1.54, 1.807) is 43.5 Å². The third kappa shape index (κ3) is 21.6. The van der Waals surface area contributed by atoms with Gasteiger partial charge in [0.1, 0.15) is 34.7 Å². The van der Waals surface area contributed by atoms with E-state index in [0.29, 0.717) is 43.8 Å². The molecule has 444 valence electrons. The smallest absolute Gasteiger partial charge is 0.491 e. The van der Waals surface area contributed by atoms with Crippen LogP contribution in [0.3, 0.4) is 0 Å². The molecule has 0 aliphatic carbocycles. The van der Waals surface area contributed by atoms with Crippen molar-refractivity contribution in [3.05, 3.63) is 239 Å². The Morgan fingerprint density at radius 2 is 0.906 bits per heavy atom. The number of hydrogen-bond acceptors (Lipinski definition) is 7. The van der Waals surface area contributed by atoms with Crippen molar-refractivity contribution in [3.63, 3.8) is 0 Å². The van der Waals surface area contributed by atoms with Crippen molar-refractivity contribution in [1.82, 2.24) is 0 Å². The molecule has 10 aromatic carbocycles. The quantitative estimate of drug-likeness (QED) is 0.0455. The number of rotatable bonds is 10. The van der Waals surface area contributed by atoms with Gasteiger partial charge >= 0.3 is 7.12 Å². The number of carboxylic acids is 2. The van der Waals surface area contributed by atoms with E-state index >= 15 is 0 Å².